The molecule has 552 valence electrons. The number of hydrogen-bond donors (Lipinski definition) is 3. The molecule has 4 rings (SSSR count). The Morgan fingerprint density at radius 1 is 0.619 bits per heavy atom. The number of carbonyl (C=O) groups is 9. The number of nitrogens with one attached hydrogen (secondary N) is 2. The van der Waals surface area contributed by atoms with Gasteiger partial charge < -0.3 is 58.9 Å². The van der Waals surface area contributed by atoms with E-state index in [1.54, 1.807) is 50.0 Å². The van der Waals surface area contributed by atoms with Gasteiger partial charge in [-0.25, -0.2) is 4.79 Å². The summed E-state index contributed by atoms with van der Waals surface area (Å²) in [6.45, 7) is 25.3. The molecule has 2 saturated heterocycles. The lowest BCUT2D eigenvalue weighted by atomic mass is 9.86. The molecule has 0 bridgehead atoms. The van der Waals surface area contributed by atoms with Gasteiger partial charge in [-0.3, -0.25) is 38.4 Å². The summed E-state index contributed by atoms with van der Waals surface area (Å²) in [4.78, 5) is 116. The Labute approximate surface area is 576 Å². The second-order valence-electron chi connectivity index (χ2n) is 26.6. The predicted octanol–water partition coefficient (Wildman–Crippen LogP) is 9.87. The molecule has 2 aromatic carbocycles. The summed E-state index contributed by atoms with van der Waals surface area (Å²) >= 11 is 0. The number of carboxylic acid groups (broad SMARTS) is 1. The van der Waals surface area contributed by atoms with E-state index >= 15 is 0 Å². The first-order valence-electron chi connectivity index (χ1n) is 34.1. The fourth-order valence-corrected chi connectivity index (χ4v) is 12.5. The number of carboxylic acids is 1. The normalized spacial score (nSPS) is 18.8. The van der Waals surface area contributed by atoms with Gasteiger partial charge in [0.05, 0.1) is 81.4 Å². The zero-order valence-electron chi connectivity index (χ0n) is 61.5. The van der Waals surface area contributed by atoms with Crippen molar-refractivity contribution in [2.45, 2.75) is 215 Å². The molecule has 97 heavy (non-hydrogen) atoms. The van der Waals surface area contributed by atoms with E-state index in [0.29, 0.717) is 25.8 Å². The highest BCUT2D eigenvalue weighted by Crippen LogP contribution is 2.32. The molecule has 2 heterocycles. The Morgan fingerprint density at radius 3 is 1.45 bits per heavy atom. The maximum absolute atomic E-state index is 13.9. The van der Waals surface area contributed by atoms with E-state index in [1.165, 1.54) is 21.3 Å². The first-order valence-corrected chi connectivity index (χ1v) is 34.1. The standard InChI is InChI=1S/C35H57N3O7.C20H29NO4.C16H31NO4.C2HF3O/c1-11-23(4)31(37(7)34(41)24(5)22(2)3)29(43-8)21-30(39)38-19-15-18-28(38)32(44-9)25(6)33(40)36-27(35(42)45-10)20-26-16-13-12-14-17-26;1-14(19(24-2)17-10-7-11-21-17)18(22)13-16(20(23)25-3)12-15-8-5-4-6-9-15;1-8-11(4)15(13(21-7)9-14(18)19)17(6)16(20)12(5)10(2)3;3-2(4,5)1-6/h12-14,16-17,22-25,27-29,31-32H,11,15,18-21H2,1-10H3,(H,36,40);4-6,8-9,14,16-17,19,21H,7,10-13H2,1-3H3;10-13,15H,8-9H2,1-7H3,(H,18,19);1H/t23-,24-,25+,27-,28-,29+,31-,32+;14-,16+,17-,19+;11-,12-,13+,15-;/m000./s1. The van der Waals surface area contributed by atoms with E-state index in [4.69, 9.17) is 38.3 Å². The SMILES string of the molecule is CC[C@H](C)[C@@H]([C@@H](CC(=O)N1CCC[C@H]1[C@H](OC)[C@@H](C)C(=O)N[C@@H](Cc1ccccc1)C(=O)OC)OC)N(C)C(=O)[C@@H](C)C(C)C.CC[C@H](C)[C@@H]([C@@H](CC(=O)O)OC)N(C)C(=O)[C@@H](C)C(C)C.COC(=O)[C@@H](CC(=O)[C@H](C)[C@@H](OC)[C@@H]1CCCN1)Cc1ccccc1.O=CC(F)(F)F. The highest BCUT2D eigenvalue weighted by Gasteiger charge is 2.44. The number of esters is 2. The molecule has 24 heteroatoms. The van der Waals surface area contributed by atoms with Crippen LogP contribution in [0, 0.1) is 53.3 Å². The number of likely N-dealkylation sites (tertiary alicyclic amines) is 1. The summed E-state index contributed by atoms with van der Waals surface area (Å²) < 4.78 is 63.9. The van der Waals surface area contributed by atoms with Gasteiger partial charge in [-0.1, -0.05) is 157 Å². The van der Waals surface area contributed by atoms with Crippen molar-refractivity contribution >= 4 is 53.6 Å². The molecule has 0 aromatic heterocycles. The van der Waals surface area contributed by atoms with Crippen molar-refractivity contribution in [1.29, 1.82) is 0 Å². The maximum Gasteiger partial charge on any atom is 0.446 e. The fourth-order valence-electron chi connectivity index (χ4n) is 12.5. The fraction of sp³-hybridized carbons (Fsp3) is 0.712. The Morgan fingerprint density at radius 2 is 1.07 bits per heavy atom. The molecule has 16 atom stereocenters. The third-order valence-electron chi connectivity index (χ3n) is 19.4. The van der Waals surface area contributed by atoms with E-state index < -0.39 is 60.6 Å². The highest BCUT2D eigenvalue weighted by molar-refractivity contribution is 5.87. The number of hydrogen-bond acceptors (Lipinski definition) is 16. The van der Waals surface area contributed by atoms with E-state index in [0.717, 1.165) is 49.8 Å². The van der Waals surface area contributed by atoms with Crippen LogP contribution in [0.25, 0.3) is 0 Å². The molecule has 0 unspecified atom stereocenters. The number of nitrogens with zero attached hydrogens (tertiary/aromatic N) is 3. The van der Waals surface area contributed by atoms with Crippen molar-refractivity contribution in [3.8, 4) is 0 Å². The number of aldehydes is 1. The summed E-state index contributed by atoms with van der Waals surface area (Å²) in [5.74, 6) is -2.98. The topological polar surface area (TPSA) is 263 Å². The van der Waals surface area contributed by atoms with Gasteiger partial charge in [0.15, 0.2) is 0 Å². The molecule has 0 spiro atoms. The van der Waals surface area contributed by atoms with Gasteiger partial charge in [-0.15, -0.1) is 0 Å². The number of Topliss-reactive ketones (excluding diaryl/α,β-unsaturated/α-hetero) is 1. The lowest BCUT2D eigenvalue weighted by Crippen LogP contribution is -2.54. The Balaban J connectivity index is 0.000000758. The summed E-state index contributed by atoms with van der Waals surface area (Å²) in [5.41, 5.74) is 1.92. The van der Waals surface area contributed by atoms with Crippen LogP contribution < -0.4 is 10.6 Å². The number of aliphatic carboxylic acids is 1. The van der Waals surface area contributed by atoms with Crippen molar-refractivity contribution in [2.24, 2.45) is 53.3 Å². The number of ether oxygens (including phenoxy) is 6. The molecule has 2 aliphatic heterocycles. The quantitative estimate of drug-likeness (QED) is 0.0428. The molecule has 3 N–H and O–H groups in total. The number of amides is 4. The zero-order valence-corrected chi connectivity index (χ0v) is 61.5. The minimum atomic E-state index is -4.64. The summed E-state index contributed by atoms with van der Waals surface area (Å²) in [6.07, 6.45) is -1.20. The minimum Gasteiger partial charge on any atom is -0.481 e. The van der Waals surface area contributed by atoms with Gasteiger partial charge in [-0.05, 0) is 73.4 Å². The van der Waals surface area contributed by atoms with Crippen molar-refractivity contribution in [3.63, 3.8) is 0 Å². The number of ketones is 1. The van der Waals surface area contributed by atoms with Crippen molar-refractivity contribution in [1.82, 2.24) is 25.3 Å². The summed E-state index contributed by atoms with van der Waals surface area (Å²) in [7, 11) is 12.5. The third kappa shape index (κ3) is 29.2. The lowest BCUT2D eigenvalue weighted by Gasteiger charge is -2.40. The molecule has 2 aliphatic rings. The van der Waals surface area contributed by atoms with Gasteiger partial charge in [0.1, 0.15) is 11.8 Å². The minimum absolute atomic E-state index is 0.0423. The van der Waals surface area contributed by atoms with Crippen LogP contribution in [0.1, 0.15) is 152 Å². The van der Waals surface area contributed by atoms with E-state index in [2.05, 4.69) is 24.5 Å². The second kappa shape index (κ2) is 45.4. The van der Waals surface area contributed by atoms with Crippen molar-refractivity contribution in [2.75, 3.05) is 69.8 Å². The number of rotatable bonds is 35. The molecule has 4 amide bonds. The van der Waals surface area contributed by atoms with Crippen LogP contribution in [0.4, 0.5) is 13.2 Å². The molecule has 0 aliphatic carbocycles. The van der Waals surface area contributed by atoms with Gasteiger partial charge in [0.25, 0.3) is 0 Å². The number of carbonyl (C=O) groups excluding carboxylic acids is 8. The zero-order chi connectivity index (χ0) is 74.0. The number of likely N-dealkylation sites (N-methyl/N-ethyl adjacent to an activating group) is 2. The van der Waals surface area contributed by atoms with Gasteiger partial charge in [0.2, 0.25) is 29.9 Å². The molecule has 2 fully saturated rings. The molecule has 0 radical (unpaired) electrons. The Kier molecular flexibility index (Phi) is 41.5. The molecular formula is C73H118F3N5O16. The van der Waals surface area contributed by atoms with Crippen LogP contribution in [0.5, 0.6) is 0 Å². The van der Waals surface area contributed by atoms with Crippen LogP contribution in [0.3, 0.4) is 0 Å². The largest absolute Gasteiger partial charge is 0.481 e. The van der Waals surface area contributed by atoms with Crippen LogP contribution in [0.2, 0.25) is 0 Å². The first-order chi connectivity index (χ1) is 45.6. The lowest BCUT2D eigenvalue weighted by molar-refractivity contribution is -0.156. The maximum atomic E-state index is 13.9. The molecular weight excluding hydrogens is 1260 g/mol. The summed E-state index contributed by atoms with van der Waals surface area (Å²) in [6, 6.07) is 17.7. The van der Waals surface area contributed by atoms with E-state index in [1.807, 2.05) is 130 Å². The van der Waals surface area contributed by atoms with Crippen LogP contribution in [0.15, 0.2) is 60.7 Å². The average molecular weight is 1380 g/mol. The summed E-state index contributed by atoms with van der Waals surface area (Å²) in [5, 5.41) is 15.3. The first kappa shape index (κ1) is 88.7. The van der Waals surface area contributed by atoms with Crippen LogP contribution >= 0.6 is 0 Å². The Hall–Kier alpha value is -6.34. The smallest absolute Gasteiger partial charge is 0.446 e. The van der Waals surface area contributed by atoms with Gasteiger partial charge >= 0.3 is 24.1 Å². The number of benzene rings is 2. The number of halogens is 3. The average Bonchev–Trinajstić information content (AvgIpc) is 1.75. The predicted molar refractivity (Wildman–Crippen MR) is 366 cm³/mol. The van der Waals surface area contributed by atoms with Crippen molar-refractivity contribution < 1.29 is 89.8 Å². The number of methoxy groups -OCH3 is 6. The molecule has 0 saturated carbocycles. The van der Waals surface area contributed by atoms with Crippen molar-refractivity contribution in [3.05, 3.63) is 71.8 Å². The second-order valence-corrected chi connectivity index (χ2v) is 26.6. The third-order valence-corrected chi connectivity index (χ3v) is 19.4. The van der Waals surface area contributed by atoms with E-state index in [9.17, 15) is 51.5 Å². The Bertz CT molecular complexity index is 2670. The monoisotopic (exact) mass is 1380 g/mol. The van der Waals surface area contributed by atoms with Crippen LogP contribution in [-0.4, -0.2) is 204 Å². The van der Waals surface area contributed by atoms with Crippen LogP contribution in [-0.2, 0) is 84.4 Å². The van der Waals surface area contributed by atoms with Gasteiger partial charge in [0, 0.05) is 85.7 Å². The molecule has 21 nitrogen and oxygen atoms in total. The number of alkyl halides is 3. The molecule has 2 aromatic rings. The highest BCUT2D eigenvalue weighted by atomic mass is 19.4. The van der Waals surface area contributed by atoms with E-state index in [-0.39, 0.29) is 126 Å². The van der Waals surface area contributed by atoms with Gasteiger partial charge in [-0.2, -0.15) is 13.2 Å².